The molecule has 3 aliphatic rings. The molecule has 176 valence electrons. The molecule has 6 nitrogen and oxygen atoms in total. The fourth-order valence-electron chi connectivity index (χ4n) is 4.09. The van der Waals surface area contributed by atoms with E-state index in [-0.39, 0.29) is 10.8 Å². The first-order valence-corrected chi connectivity index (χ1v) is 13.2. The molecular formula is C24H32O6S2. The van der Waals surface area contributed by atoms with E-state index in [1.807, 2.05) is 10.8 Å². The molecule has 8 heteroatoms. The van der Waals surface area contributed by atoms with Crippen LogP contribution in [-0.4, -0.2) is 52.9 Å². The van der Waals surface area contributed by atoms with Crippen LogP contribution in [0.4, 0.5) is 0 Å². The van der Waals surface area contributed by atoms with E-state index in [4.69, 9.17) is 28.4 Å². The molecule has 0 saturated carbocycles. The molecule has 0 aromatic carbocycles. The van der Waals surface area contributed by atoms with Gasteiger partial charge in [-0.2, -0.15) is 0 Å². The van der Waals surface area contributed by atoms with Crippen molar-refractivity contribution >= 4 is 22.7 Å². The number of ether oxygens (including phenoxy) is 6. The van der Waals surface area contributed by atoms with Crippen LogP contribution in [0.25, 0.3) is 9.75 Å². The van der Waals surface area contributed by atoms with Gasteiger partial charge < -0.3 is 28.4 Å². The second-order valence-corrected chi connectivity index (χ2v) is 11.6. The largest absolute Gasteiger partial charge is 0.488 e. The van der Waals surface area contributed by atoms with Crippen molar-refractivity contribution in [3.63, 3.8) is 0 Å². The van der Waals surface area contributed by atoms with Crippen molar-refractivity contribution in [2.75, 3.05) is 52.9 Å². The molecule has 5 rings (SSSR count). The fourth-order valence-corrected chi connectivity index (χ4v) is 6.12. The van der Waals surface area contributed by atoms with Gasteiger partial charge in [0.1, 0.15) is 0 Å². The quantitative estimate of drug-likeness (QED) is 0.486. The average Bonchev–Trinajstić information content (AvgIpc) is 3.28. The van der Waals surface area contributed by atoms with E-state index in [2.05, 4.69) is 13.8 Å². The lowest BCUT2D eigenvalue weighted by Crippen LogP contribution is -2.35. The van der Waals surface area contributed by atoms with Gasteiger partial charge in [-0.3, -0.25) is 0 Å². The normalized spacial score (nSPS) is 29.1. The van der Waals surface area contributed by atoms with Crippen LogP contribution in [-0.2, 0) is 9.47 Å². The molecule has 0 amide bonds. The third-order valence-electron chi connectivity index (χ3n) is 6.14. The Hall–Kier alpha value is -1.48. The van der Waals surface area contributed by atoms with E-state index in [1.54, 1.807) is 22.7 Å². The highest BCUT2D eigenvalue weighted by molar-refractivity contribution is 7.21. The van der Waals surface area contributed by atoms with E-state index in [0.717, 1.165) is 71.6 Å². The van der Waals surface area contributed by atoms with Crippen molar-refractivity contribution in [3.05, 3.63) is 10.8 Å². The first kappa shape index (κ1) is 22.3. The Morgan fingerprint density at radius 1 is 0.594 bits per heavy atom. The third kappa shape index (κ3) is 4.74. The molecule has 0 fully saturated rings. The van der Waals surface area contributed by atoms with Gasteiger partial charge >= 0.3 is 0 Å². The summed E-state index contributed by atoms with van der Waals surface area (Å²) in [5, 5.41) is 4.07. The van der Waals surface area contributed by atoms with E-state index in [0.29, 0.717) is 39.6 Å². The topological polar surface area (TPSA) is 55.4 Å². The third-order valence-corrected chi connectivity index (χ3v) is 8.19. The minimum Gasteiger partial charge on any atom is -0.488 e. The van der Waals surface area contributed by atoms with Gasteiger partial charge in [-0.25, -0.2) is 0 Å². The Kier molecular flexibility index (Phi) is 6.56. The van der Waals surface area contributed by atoms with Crippen LogP contribution in [0.1, 0.15) is 39.5 Å². The van der Waals surface area contributed by atoms with Crippen LogP contribution in [0.2, 0.25) is 0 Å². The van der Waals surface area contributed by atoms with Crippen LogP contribution in [0.5, 0.6) is 23.0 Å². The monoisotopic (exact) mass is 480 g/mol. The summed E-state index contributed by atoms with van der Waals surface area (Å²) in [6, 6.07) is 0. The van der Waals surface area contributed by atoms with Crippen LogP contribution in [0.3, 0.4) is 0 Å². The molecule has 2 aromatic rings. The Morgan fingerprint density at radius 3 is 1.50 bits per heavy atom. The molecule has 2 unspecified atom stereocenters. The Balaban J connectivity index is 1.42. The number of fused-ring (bicyclic) bond motifs is 5. The summed E-state index contributed by atoms with van der Waals surface area (Å²) in [4.78, 5) is 2.07. The van der Waals surface area contributed by atoms with Crippen LogP contribution in [0.15, 0.2) is 10.8 Å². The second kappa shape index (κ2) is 9.41. The molecule has 0 saturated heterocycles. The van der Waals surface area contributed by atoms with Crippen LogP contribution in [0, 0.1) is 10.8 Å². The molecule has 3 aliphatic heterocycles. The Bertz CT molecular complexity index is 849. The SMILES string of the molecule is CC12COCCCCCCOCC3(C)COc4csc(c4OC3)-c3scc(c3OC1)OC2. The summed E-state index contributed by atoms with van der Waals surface area (Å²) in [6.45, 7) is 9.41. The van der Waals surface area contributed by atoms with Gasteiger partial charge in [-0.05, 0) is 12.8 Å². The Labute approximate surface area is 197 Å². The highest BCUT2D eigenvalue weighted by Crippen LogP contribution is 2.54. The highest BCUT2D eigenvalue weighted by Gasteiger charge is 2.36. The number of hydrogen-bond donors (Lipinski definition) is 0. The van der Waals surface area contributed by atoms with Crippen LogP contribution >= 0.6 is 22.7 Å². The average molecular weight is 481 g/mol. The van der Waals surface area contributed by atoms with Gasteiger partial charge in [0.25, 0.3) is 0 Å². The minimum atomic E-state index is -0.184. The number of hydrogen-bond acceptors (Lipinski definition) is 8. The Morgan fingerprint density at radius 2 is 1.03 bits per heavy atom. The maximum absolute atomic E-state index is 6.34. The second-order valence-electron chi connectivity index (χ2n) is 9.81. The predicted octanol–water partition coefficient (Wildman–Crippen LogP) is 5.64. The van der Waals surface area contributed by atoms with E-state index < -0.39 is 0 Å². The summed E-state index contributed by atoms with van der Waals surface area (Å²) in [5.74, 6) is 3.21. The minimum absolute atomic E-state index is 0.184. The summed E-state index contributed by atoms with van der Waals surface area (Å²) < 4.78 is 37.1. The standard InChI is InChI=1S/C24H32O6S2/c1-23-11-25-7-5-3-4-6-8-26-12-24(2)14-28-18-10-32-22(20(18)30-16-24)21-19(29-15-23)17(9-31-21)27-13-23/h9-10H,3-8,11-16H2,1-2H3. The molecule has 32 heavy (non-hydrogen) atoms. The molecular weight excluding hydrogens is 448 g/mol. The molecule has 4 bridgehead atoms. The molecule has 2 atom stereocenters. The van der Waals surface area contributed by atoms with E-state index in [1.165, 1.54) is 0 Å². The van der Waals surface area contributed by atoms with Gasteiger partial charge in [0, 0.05) is 24.0 Å². The van der Waals surface area contributed by atoms with Crippen molar-refractivity contribution in [1.82, 2.24) is 0 Å². The number of thiophene rings is 2. The maximum Gasteiger partial charge on any atom is 0.180 e. The fraction of sp³-hybridized carbons (Fsp3) is 0.667. The zero-order valence-corrected chi connectivity index (χ0v) is 20.5. The maximum atomic E-state index is 6.34. The van der Waals surface area contributed by atoms with Crippen molar-refractivity contribution in [3.8, 4) is 32.8 Å². The summed E-state index contributed by atoms with van der Waals surface area (Å²) >= 11 is 3.25. The molecule has 0 N–H and O–H groups in total. The zero-order chi connectivity index (χ0) is 22.0. The molecule has 5 heterocycles. The van der Waals surface area contributed by atoms with Crippen molar-refractivity contribution < 1.29 is 28.4 Å². The van der Waals surface area contributed by atoms with Crippen molar-refractivity contribution in [2.24, 2.45) is 10.8 Å². The van der Waals surface area contributed by atoms with E-state index >= 15 is 0 Å². The van der Waals surface area contributed by atoms with Crippen LogP contribution < -0.4 is 18.9 Å². The predicted molar refractivity (Wildman–Crippen MR) is 126 cm³/mol. The molecule has 0 spiro atoms. The molecule has 0 aliphatic carbocycles. The van der Waals surface area contributed by atoms with Gasteiger partial charge in [-0.15, -0.1) is 22.7 Å². The number of rotatable bonds is 0. The van der Waals surface area contributed by atoms with Crippen molar-refractivity contribution in [2.45, 2.75) is 39.5 Å². The molecule has 2 aromatic heterocycles. The highest BCUT2D eigenvalue weighted by atomic mass is 32.1. The smallest absolute Gasteiger partial charge is 0.180 e. The summed E-state index contributed by atoms with van der Waals surface area (Å²) in [5.41, 5.74) is -0.368. The van der Waals surface area contributed by atoms with Crippen molar-refractivity contribution in [1.29, 1.82) is 0 Å². The van der Waals surface area contributed by atoms with E-state index in [9.17, 15) is 0 Å². The first-order chi connectivity index (χ1) is 15.6. The zero-order valence-electron chi connectivity index (χ0n) is 18.9. The van der Waals surface area contributed by atoms with Gasteiger partial charge in [0.15, 0.2) is 23.0 Å². The summed E-state index contributed by atoms with van der Waals surface area (Å²) in [7, 11) is 0. The first-order valence-electron chi connectivity index (χ1n) is 11.5. The van der Waals surface area contributed by atoms with Gasteiger partial charge in [0.2, 0.25) is 0 Å². The molecule has 0 radical (unpaired) electrons. The summed E-state index contributed by atoms with van der Waals surface area (Å²) in [6.07, 6.45) is 4.44. The lowest BCUT2D eigenvalue weighted by molar-refractivity contribution is 0.00247. The van der Waals surface area contributed by atoms with Gasteiger partial charge in [0.05, 0.1) is 60.2 Å². The van der Waals surface area contributed by atoms with Gasteiger partial charge in [-0.1, -0.05) is 26.7 Å². The lowest BCUT2D eigenvalue weighted by Gasteiger charge is -2.26. The lowest BCUT2D eigenvalue weighted by atomic mass is 9.94.